The van der Waals surface area contributed by atoms with E-state index in [1.807, 2.05) is 0 Å². The first-order valence-electron chi connectivity index (χ1n) is 9.72. The van der Waals surface area contributed by atoms with Gasteiger partial charge in [-0.1, -0.05) is 90.9 Å². The van der Waals surface area contributed by atoms with Crippen LogP contribution in [0, 0.1) is 0 Å². The van der Waals surface area contributed by atoms with Crippen LogP contribution >= 0.6 is 0 Å². The van der Waals surface area contributed by atoms with Gasteiger partial charge >= 0.3 is 0 Å². The lowest BCUT2D eigenvalue weighted by atomic mass is 10.1. The summed E-state index contributed by atoms with van der Waals surface area (Å²) in [6, 6.07) is 0. The van der Waals surface area contributed by atoms with Crippen LogP contribution in [-0.2, 0) is 0 Å². The van der Waals surface area contributed by atoms with Crippen molar-refractivity contribution in [1.82, 2.24) is 5.32 Å². The Morgan fingerprint density at radius 3 is 1.57 bits per heavy atom. The van der Waals surface area contributed by atoms with Crippen molar-refractivity contribution in [3.05, 3.63) is 0 Å². The molecule has 128 valence electrons. The van der Waals surface area contributed by atoms with Crippen molar-refractivity contribution in [2.45, 2.75) is 116 Å². The van der Waals surface area contributed by atoms with Gasteiger partial charge in [0.1, 0.15) is 6.23 Å². The molecule has 2 N–H and O–H groups in total. The number of hydrogen-bond donors (Lipinski definition) is 2. The monoisotopic (exact) mass is 299 g/mol. The van der Waals surface area contributed by atoms with E-state index in [2.05, 4.69) is 19.2 Å². The van der Waals surface area contributed by atoms with Gasteiger partial charge in [0, 0.05) is 0 Å². The van der Waals surface area contributed by atoms with Crippen LogP contribution in [0.3, 0.4) is 0 Å². The lowest BCUT2D eigenvalue weighted by molar-refractivity contribution is 0.124. The smallest absolute Gasteiger partial charge is 0.104 e. The van der Waals surface area contributed by atoms with Crippen LogP contribution in [0.25, 0.3) is 0 Å². The molecule has 0 aromatic carbocycles. The quantitative estimate of drug-likeness (QED) is 0.263. The SMILES string of the molecule is CCCCCCCCCCCCCC(O)NCCCCC. The first-order valence-corrected chi connectivity index (χ1v) is 9.72. The predicted molar refractivity (Wildman–Crippen MR) is 94.6 cm³/mol. The standard InChI is InChI=1S/C19H41NO/c1-3-5-7-8-9-10-11-12-13-14-15-17-19(21)20-18-16-6-4-2/h19-21H,3-18H2,1-2H3. The Kier molecular flexibility index (Phi) is 17.9. The zero-order chi connectivity index (χ0) is 15.6. The second kappa shape index (κ2) is 18.0. The molecule has 0 aliphatic carbocycles. The van der Waals surface area contributed by atoms with E-state index in [0.717, 1.165) is 13.0 Å². The fourth-order valence-corrected chi connectivity index (χ4v) is 2.75. The average molecular weight is 300 g/mol. The largest absolute Gasteiger partial charge is 0.379 e. The maximum absolute atomic E-state index is 9.78. The van der Waals surface area contributed by atoms with E-state index in [1.165, 1.54) is 89.9 Å². The molecule has 0 bridgehead atoms. The molecule has 0 aromatic rings. The van der Waals surface area contributed by atoms with Gasteiger partial charge in [-0.15, -0.1) is 0 Å². The average Bonchev–Trinajstić information content (AvgIpc) is 2.49. The van der Waals surface area contributed by atoms with Crippen LogP contribution in [0.2, 0.25) is 0 Å². The van der Waals surface area contributed by atoms with Gasteiger partial charge in [0.2, 0.25) is 0 Å². The van der Waals surface area contributed by atoms with Gasteiger partial charge in [0.15, 0.2) is 0 Å². The van der Waals surface area contributed by atoms with E-state index < -0.39 is 0 Å². The molecule has 0 spiro atoms. The second-order valence-electron chi connectivity index (χ2n) is 6.50. The van der Waals surface area contributed by atoms with Crippen molar-refractivity contribution >= 4 is 0 Å². The molecule has 0 fully saturated rings. The van der Waals surface area contributed by atoms with Gasteiger partial charge in [-0.25, -0.2) is 0 Å². The Bertz CT molecular complexity index is 184. The minimum atomic E-state index is -0.277. The minimum Gasteiger partial charge on any atom is -0.379 e. The van der Waals surface area contributed by atoms with Crippen LogP contribution < -0.4 is 5.32 Å². The summed E-state index contributed by atoms with van der Waals surface area (Å²) in [4.78, 5) is 0. The highest BCUT2D eigenvalue weighted by atomic mass is 16.3. The molecule has 0 rings (SSSR count). The third kappa shape index (κ3) is 17.9. The number of aliphatic hydroxyl groups excluding tert-OH is 1. The fourth-order valence-electron chi connectivity index (χ4n) is 2.75. The summed E-state index contributed by atoms with van der Waals surface area (Å²) in [7, 11) is 0. The molecule has 0 heterocycles. The zero-order valence-corrected chi connectivity index (χ0v) is 14.8. The second-order valence-corrected chi connectivity index (χ2v) is 6.50. The van der Waals surface area contributed by atoms with E-state index in [-0.39, 0.29) is 6.23 Å². The Morgan fingerprint density at radius 1 is 0.619 bits per heavy atom. The van der Waals surface area contributed by atoms with E-state index >= 15 is 0 Å². The first-order chi connectivity index (χ1) is 10.3. The van der Waals surface area contributed by atoms with Gasteiger partial charge in [-0.05, 0) is 25.8 Å². The Labute approximate surface area is 134 Å². The zero-order valence-electron chi connectivity index (χ0n) is 14.8. The Morgan fingerprint density at radius 2 is 1.05 bits per heavy atom. The first kappa shape index (κ1) is 20.9. The van der Waals surface area contributed by atoms with Crippen LogP contribution in [-0.4, -0.2) is 17.9 Å². The molecule has 0 radical (unpaired) electrons. The summed E-state index contributed by atoms with van der Waals surface area (Å²) in [6.07, 6.45) is 19.4. The highest BCUT2D eigenvalue weighted by Crippen LogP contribution is 2.12. The van der Waals surface area contributed by atoms with Crippen molar-refractivity contribution in [1.29, 1.82) is 0 Å². The van der Waals surface area contributed by atoms with Crippen molar-refractivity contribution in [2.24, 2.45) is 0 Å². The molecule has 0 amide bonds. The molecule has 1 atom stereocenters. The van der Waals surface area contributed by atoms with Gasteiger partial charge < -0.3 is 5.11 Å². The van der Waals surface area contributed by atoms with Crippen LogP contribution in [0.5, 0.6) is 0 Å². The molecule has 21 heavy (non-hydrogen) atoms. The van der Waals surface area contributed by atoms with Crippen LogP contribution in [0.4, 0.5) is 0 Å². The summed E-state index contributed by atoms with van der Waals surface area (Å²) >= 11 is 0. The molecular weight excluding hydrogens is 258 g/mol. The van der Waals surface area contributed by atoms with Gasteiger partial charge in [-0.3, -0.25) is 5.32 Å². The number of unbranched alkanes of at least 4 members (excludes halogenated alkanes) is 12. The molecule has 0 aliphatic rings. The van der Waals surface area contributed by atoms with Crippen LogP contribution in [0.1, 0.15) is 110 Å². The molecule has 0 saturated carbocycles. The lowest BCUT2D eigenvalue weighted by Crippen LogP contribution is -2.29. The van der Waals surface area contributed by atoms with Crippen molar-refractivity contribution in [3.63, 3.8) is 0 Å². The topological polar surface area (TPSA) is 32.3 Å². The summed E-state index contributed by atoms with van der Waals surface area (Å²) in [5.41, 5.74) is 0. The maximum Gasteiger partial charge on any atom is 0.104 e. The van der Waals surface area contributed by atoms with E-state index in [0.29, 0.717) is 0 Å². The normalized spacial score (nSPS) is 12.7. The van der Waals surface area contributed by atoms with Crippen LogP contribution in [0.15, 0.2) is 0 Å². The molecule has 0 aliphatic heterocycles. The van der Waals surface area contributed by atoms with Gasteiger partial charge in [0.05, 0.1) is 0 Å². The number of rotatable bonds is 17. The highest BCUT2D eigenvalue weighted by Gasteiger charge is 2.01. The maximum atomic E-state index is 9.78. The van der Waals surface area contributed by atoms with Crippen molar-refractivity contribution in [2.75, 3.05) is 6.54 Å². The molecule has 1 unspecified atom stereocenters. The van der Waals surface area contributed by atoms with Crippen molar-refractivity contribution < 1.29 is 5.11 Å². The molecule has 2 nitrogen and oxygen atoms in total. The fraction of sp³-hybridized carbons (Fsp3) is 1.00. The summed E-state index contributed by atoms with van der Waals surface area (Å²) < 4.78 is 0. The third-order valence-electron chi connectivity index (χ3n) is 4.24. The molecular formula is C19H41NO. The lowest BCUT2D eigenvalue weighted by Gasteiger charge is -2.12. The van der Waals surface area contributed by atoms with E-state index in [1.54, 1.807) is 0 Å². The van der Waals surface area contributed by atoms with E-state index in [9.17, 15) is 5.11 Å². The predicted octanol–water partition coefficient (Wildman–Crippen LogP) is 5.79. The van der Waals surface area contributed by atoms with E-state index in [4.69, 9.17) is 0 Å². The van der Waals surface area contributed by atoms with Crippen molar-refractivity contribution in [3.8, 4) is 0 Å². The third-order valence-corrected chi connectivity index (χ3v) is 4.24. The van der Waals surface area contributed by atoms with Gasteiger partial charge in [0.25, 0.3) is 0 Å². The Balaban J connectivity index is 3.07. The number of nitrogens with one attached hydrogen (secondary N) is 1. The summed E-state index contributed by atoms with van der Waals surface area (Å²) in [6.45, 7) is 5.45. The molecule has 2 heteroatoms. The Hall–Kier alpha value is -0.0800. The highest BCUT2D eigenvalue weighted by molar-refractivity contribution is 4.55. The van der Waals surface area contributed by atoms with Gasteiger partial charge in [-0.2, -0.15) is 0 Å². The minimum absolute atomic E-state index is 0.277. The number of hydrogen-bond acceptors (Lipinski definition) is 2. The molecule has 0 aromatic heterocycles. The number of aliphatic hydroxyl groups is 1. The summed E-state index contributed by atoms with van der Waals surface area (Å²) in [5, 5.41) is 13.0. The molecule has 0 saturated heterocycles. The summed E-state index contributed by atoms with van der Waals surface area (Å²) in [5.74, 6) is 0.